The van der Waals surface area contributed by atoms with E-state index in [2.05, 4.69) is 6.07 Å². The maximum Gasteiger partial charge on any atom is 0.335 e. The van der Waals surface area contributed by atoms with Crippen molar-refractivity contribution in [1.29, 1.82) is 5.26 Å². The molecule has 2 rings (SSSR count). The molecule has 18 heavy (non-hydrogen) atoms. The quantitative estimate of drug-likeness (QED) is 0.883. The van der Waals surface area contributed by atoms with Gasteiger partial charge in [-0.1, -0.05) is 11.6 Å². The molecule has 0 bridgehead atoms. The van der Waals surface area contributed by atoms with Crippen molar-refractivity contribution in [2.75, 3.05) is 24.6 Å². The first-order valence-corrected chi connectivity index (χ1v) is 5.78. The number of hydrogen-bond acceptors (Lipinski definition) is 4. The number of halogens is 1. The zero-order valence-electron chi connectivity index (χ0n) is 9.47. The van der Waals surface area contributed by atoms with Gasteiger partial charge in [-0.2, -0.15) is 5.26 Å². The highest BCUT2D eigenvalue weighted by Crippen LogP contribution is 2.28. The first-order valence-electron chi connectivity index (χ1n) is 5.41. The lowest BCUT2D eigenvalue weighted by molar-refractivity contribution is 0.0696. The van der Waals surface area contributed by atoms with Gasteiger partial charge in [0, 0.05) is 6.54 Å². The van der Waals surface area contributed by atoms with E-state index < -0.39 is 12.1 Å². The number of ether oxygens (including phenoxy) is 1. The van der Waals surface area contributed by atoms with E-state index in [4.69, 9.17) is 26.7 Å². The summed E-state index contributed by atoms with van der Waals surface area (Å²) in [6.45, 7) is 1.52. The second-order valence-electron chi connectivity index (χ2n) is 3.91. The summed E-state index contributed by atoms with van der Waals surface area (Å²) < 4.78 is 5.24. The van der Waals surface area contributed by atoms with Gasteiger partial charge in [-0.15, -0.1) is 0 Å². The van der Waals surface area contributed by atoms with E-state index in [0.717, 1.165) is 5.69 Å². The minimum Gasteiger partial charge on any atom is -0.478 e. The van der Waals surface area contributed by atoms with Gasteiger partial charge in [0.05, 0.1) is 35.5 Å². The molecule has 0 amide bonds. The van der Waals surface area contributed by atoms with Crippen LogP contribution in [0.1, 0.15) is 10.4 Å². The van der Waals surface area contributed by atoms with Gasteiger partial charge in [-0.3, -0.25) is 0 Å². The molecule has 1 aromatic carbocycles. The van der Waals surface area contributed by atoms with E-state index in [0.29, 0.717) is 24.7 Å². The van der Waals surface area contributed by atoms with Crippen LogP contribution in [-0.2, 0) is 4.74 Å². The van der Waals surface area contributed by atoms with Crippen LogP contribution in [0.2, 0.25) is 5.02 Å². The van der Waals surface area contributed by atoms with Crippen molar-refractivity contribution in [3.8, 4) is 6.07 Å². The van der Waals surface area contributed by atoms with Crippen molar-refractivity contribution < 1.29 is 14.6 Å². The maximum atomic E-state index is 10.8. The van der Waals surface area contributed by atoms with Gasteiger partial charge in [-0.25, -0.2) is 4.79 Å². The van der Waals surface area contributed by atoms with Crippen molar-refractivity contribution in [1.82, 2.24) is 0 Å². The molecule has 6 heteroatoms. The molecule has 1 aliphatic heterocycles. The van der Waals surface area contributed by atoms with Gasteiger partial charge < -0.3 is 14.7 Å². The molecule has 94 valence electrons. The third-order valence-electron chi connectivity index (χ3n) is 2.75. The maximum absolute atomic E-state index is 10.8. The molecule has 5 nitrogen and oxygen atoms in total. The Labute approximate surface area is 109 Å². The van der Waals surface area contributed by atoms with Gasteiger partial charge in [0.25, 0.3) is 0 Å². The standard InChI is InChI=1S/C12H11ClN2O3/c13-10-5-8(12(16)17)1-2-11(10)15-3-4-18-9(6-14)7-15/h1-2,5,9H,3-4,7H2,(H,16,17). The molecule has 0 aliphatic carbocycles. The molecule has 1 aliphatic rings. The third-order valence-corrected chi connectivity index (χ3v) is 3.05. The summed E-state index contributed by atoms with van der Waals surface area (Å²) in [7, 11) is 0. The fourth-order valence-corrected chi connectivity index (χ4v) is 2.14. The molecular formula is C12H11ClN2O3. The van der Waals surface area contributed by atoms with E-state index in [1.807, 2.05) is 4.90 Å². The SMILES string of the molecule is N#CC1CN(c2ccc(C(=O)O)cc2Cl)CCO1. The van der Waals surface area contributed by atoms with E-state index >= 15 is 0 Å². The number of hydrogen-bond donors (Lipinski definition) is 1. The van der Waals surface area contributed by atoms with Crippen molar-refractivity contribution in [3.05, 3.63) is 28.8 Å². The van der Waals surface area contributed by atoms with E-state index in [1.54, 1.807) is 6.07 Å². The number of nitriles is 1. The normalized spacial score (nSPS) is 19.3. The molecule has 1 saturated heterocycles. The number of nitrogens with zero attached hydrogens (tertiary/aromatic N) is 2. The average molecular weight is 267 g/mol. The lowest BCUT2D eigenvalue weighted by Gasteiger charge is -2.32. The highest BCUT2D eigenvalue weighted by Gasteiger charge is 2.22. The van der Waals surface area contributed by atoms with Gasteiger partial charge in [0.15, 0.2) is 6.10 Å². The number of anilines is 1. The van der Waals surface area contributed by atoms with Crippen LogP contribution < -0.4 is 4.90 Å². The second kappa shape index (κ2) is 5.25. The van der Waals surface area contributed by atoms with Crippen LogP contribution in [-0.4, -0.2) is 36.9 Å². The Bertz CT molecular complexity index is 513. The van der Waals surface area contributed by atoms with E-state index in [-0.39, 0.29) is 5.56 Å². The topological polar surface area (TPSA) is 73.6 Å². The fraction of sp³-hybridized carbons (Fsp3) is 0.333. The first-order chi connectivity index (χ1) is 8.61. The molecule has 0 radical (unpaired) electrons. The fourth-order valence-electron chi connectivity index (χ4n) is 1.84. The predicted molar refractivity (Wildman–Crippen MR) is 66.0 cm³/mol. The Hall–Kier alpha value is -1.77. The van der Waals surface area contributed by atoms with Gasteiger partial charge >= 0.3 is 5.97 Å². The monoisotopic (exact) mass is 266 g/mol. The molecule has 1 fully saturated rings. The van der Waals surface area contributed by atoms with Crippen molar-refractivity contribution in [3.63, 3.8) is 0 Å². The minimum absolute atomic E-state index is 0.147. The molecule has 1 heterocycles. The zero-order chi connectivity index (χ0) is 13.1. The van der Waals surface area contributed by atoms with Crippen LogP contribution in [0.5, 0.6) is 0 Å². The van der Waals surface area contributed by atoms with Crippen LogP contribution in [0.4, 0.5) is 5.69 Å². The van der Waals surface area contributed by atoms with Gasteiger partial charge in [-0.05, 0) is 18.2 Å². The largest absolute Gasteiger partial charge is 0.478 e. The Kier molecular flexibility index (Phi) is 3.70. The summed E-state index contributed by atoms with van der Waals surface area (Å²) in [5.74, 6) is -1.01. The summed E-state index contributed by atoms with van der Waals surface area (Å²) in [5.41, 5.74) is 0.874. The van der Waals surface area contributed by atoms with Crippen molar-refractivity contribution in [2.24, 2.45) is 0 Å². The van der Waals surface area contributed by atoms with E-state index in [9.17, 15) is 4.79 Å². The number of aromatic carboxylic acids is 1. The van der Waals surface area contributed by atoms with Crippen molar-refractivity contribution in [2.45, 2.75) is 6.10 Å². The highest BCUT2D eigenvalue weighted by molar-refractivity contribution is 6.33. The number of carboxylic acids is 1. The second-order valence-corrected chi connectivity index (χ2v) is 4.31. The van der Waals surface area contributed by atoms with Crippen LogP contribution in [0.3, 0.4) is 0 Å². The minimum atomic E-state index is -1.01. The number of morpholine rings is 1. The first kappa shape index (κ1) is 12.7. The van der Waals surface area contributed by atoms with Gasteiger partial charge in [0.1, 0.15) is 0 Å². The van der Waals surface area contributed by atoms with Crippen LogP contribution in [0, 0.1) is 11.3 Å². The molecule has 0 aromatic heterocycles. The molecule has 1 N–H and O–H groups in total. The summed E-state index contributed by atoms with van der Waals surface area (Å²) in [6, 6.07) is 6.62. The Balaban J connectivity index is 2.23. The average Bonchev–Trinajstić information content (AvgIpc) is 2.38. The Morgan fingerprint density at radius 3 is 3.00 bits per heavy atom. The third kappa shape index (κ3) is 2.55. The molecule has 1 aromatic rings. The number of carboxylic acid groups (broad SMARTS) is 1. The highest BCUT2D eigenvalue weighted by atomic mass is 35.5. The lowest BCUT2D eigenvalue weighted by atomic mass is 10.1. The Morgan fingerprint density at radius 1 is 1.61 bits per heavy atom. The number of rotatable bonds is 2. The van der Waals surface area contributed by atoms with Gasteiger partial charge in [0.2, 0.25) is 0 Å². The van der Waals surface area contributed by atoms with Crippen molar-refractivity contribution >= 4 is 23.3 Å². The lowest BCUT2D eigenvalue weighted by Crippen LogP contribution is -2.42. The molecule has 0 spiro atoms. The van der Waals surface area contributed by atoms with E-state index in [1.165, 1.54) is 12.1 Å². The van der Waals surface area contributed by atoms with Crippen LogP contribution in [0.15, 0.2) is 18.2 Å². The molecular weight excluding hydrogens is 256 g/mol. The summed E-state index contributed by atoms with van der Waals surface area (Å²) in [4.78, 5) is 12.7. The summed E-state index contributed by atoms with van der Waals surface area (Å²) >= 11 is 6.07. The summed E-state index contributed by atoms with van der Waals surface area (Å²) in [5, 5.41) is 18.1. The molecule has 0 saturated carbocycles. The zero-order valence-corrected chi connectivity index (χ0v) is 10.2. The Morgan fingerprint density at radius 2 is 2.39 bits per heavy atom. The summed E-state index contributed by atoms with van der Waals surface area (Å²) in [6.07, 6.45) is -0.478. The number of benzene rings is 1. The van der Waals surface area contributed by atoms with Crippen LogP contribution in [0.25, 0.3) is 0 Å². The number of carbonyl (C=O) groups is 1. The smallest absolute Gasteiger partial charge is 0.335 e. The van der Waals surface area contributed by atoms with Crippen LogP contribution >= 0.6 is 11.6 Å². The molecule has 1 atom stereocenters. The molecule has 1 unspecified atom stereocenters. The predicted octanol–water partition coefficient (Wildman–Crippen LogP) is 1.77.